The van der Waals surface area contributed by atoms with Gasteiger partial charge in [-0.25, -0.2) is 0 Å². The summed E-state index contributed by atoms with van der Waals surface area (Å²) in [6, 6.07) is 15.3. The lowest BCUT2D eigenvalue weighted by molar-refractivity contribution is -0.116. The van der Waals surface area contributed by atoms with Crippen LogP contribution in [0.25, 0.3) is 11.1 Å². The van der Waals surface area contributed by atoms with Crippen LogP contribution in [0.4, 0.5) is 5.69 Å². The Kier molecular flexibility index (Phi) is 3.93. The van der Waals surface area contributed by atoms with Gasteiger partial charge in [-0.05, 0) is 23.3 Å². The van der Waals surface area contributed by atoms with Crippen molar-refractivity contribution < 1.29 is 14.6 Å². The summed E-state index contributed by atoms with van der Waals surface area (Å²) in [7, 11) is 1.52. The molecule has 0 spiro atoms. The molecule has 1 atom stereocenters. The molecule has 2 heterocycles. The van der Waals surface area contributed by atoms with Crippen molar-refractivity contribution >= 4 is 22.9 Å². The second kappa shape index (κ2) is 6.26. The van der Waals surface area contributed by atoms with Gasteiger partial charge in [0.1, 0.15) is 0 Å². The molecule has 1 aliphatic rings. The maximum absolute atomic E-state index is 12.3. The molecule has 2 N–H and O–H groups in total. The zero-order valence-corrected chi connectivity index (χ0v) is 14.5. The van der Waals surface area contributed by atoms with E-state index in [2.05, 4.69) is 10.7 Å². The van der Waals surface area contributed by atoms with Crippen LogP contribution in [0, 0.1) is 0 Å². The third kappa shape index (κ3) is 2.76. The highest BCUT2D eigenvalue weighted by Gasteiger charge is 2.30. The standard InChI is InChI=1S/C20H17NO3S/c1-24-17-9-13(7-8-16(17)22)14-10-18(23)21-19-15(11-25-20(14)19)12-5-3-2-4-6-12/h2-9,11,14,22H,10H2,1H3,(H,21,23)/t14-/m0/s1. The molecule has 0 fully saturated rings. The van der Waals surface area contributed by atoms with Crippen LogP contribution in [0.3, 0.4) is 0 Å². The summed E-state index contributed by atoms with van der Waals surface area (Å²) in [6.07, 6.45) is 0.385. The van der Waals surface area contributed by atoms with Crippen molar-refractivity contribution in [3.8, 4) is 22.6 Å². The van der Waals surface area contributed by atoms with Crippen molar-refractivity contribution in [2.75, 3.05) is 12.4 Å². The number of anilines is 1. The highest BCUT2D eigenvalue weighted by molar-refractivity contribution is 7.11. The molecule has 25 heavy (non-hydrogen) atoms. The SMILES string of the molecule is COc1cc([C@@H]2CC(=O)Nc3c(-c4ccccc4)csc32)ccc1O. The molecule has 4 nitrogen and oxygen atoms in total. The number of phenolic OH excluding ortho intramolecular Hbond substituents is 1. The Morgan fingerprint density at radius 1 is 1.20 bits per heavy atom. The number of nitrogens with one attached hydrogen (secondary N) is 1. The van der Waals surface area contributed by atoms with Gasteiger partial charge in [-0.3, -0.25) is 4.79 Å². The van der Waals surface area contributed by atoms with Gasteiger partial charge in [0.05, 0.1) is 12.8 Å². The quantitative estimate of drug-likeness (QED) is 0.725. The zero-order valence-electron chi connectivity index (χ0n) is 13.7. The molecular weight excluding hydrogens is 334 g/mol. The molecule has 0 saturated heterocycles. The molecule has 0 radical (unpaired) electrons. The predicted octanol–water partition coefficient (Wildman–Crippen LogP) is 4.60. The summed E-state index contributed by atoms with van der Waals surface area (Å²) in [5, 5.41) is 15.0. The first kappa shape index (κ1) is 15.7. The Morgan fingerprint density at radius 2 is 2.00 bits per heavy atom. The fourth-order valence-corrected chi connectivity index (χ4v) is 4.40. The molecule has 3 aromatic rings. The lowest BCUT2D eigenvalue weighted by Crippen LogP contribution is -2.22. The van der Waals surface area contributed by atoms with Crippen LogP contribution in [0.1, 0.15) is 22.8 Å². The van der Waals surface area contributed by atoms with Crippen LogP contribution in [-0.2, 0) is 4.79 Å². The second-order valence-corrected chi connectivity index (χ2v) is 6.90. The van der Waals surface area contributed by atoms with Crippen molar-refractivity contribution in [1.29, 1.82) is 0 Å². The van der Waals surface area contributed by atoms with E-state index in [9.17, 15) is 9.90 Å². The van der Waals surface area contributed by atoms with Crippen LogP contribution >= 0.6 is 11.3 Å². The lowest BCUT2D eigenvalue weighted by Gasteiger charge is -2.24. The van der Waals surface area contributed by atoms with E-state index in [4.69, 9.17) is 4.74 Å². The minimum absolute atomic E-state index is 0.000114. The summed E-state index contributed by atoms with van der Waals surface area (Å²) in [5.74, 6) is 0.480. The van der Waals surface area contributed by atoms with Crippen LogP contribution in [-0.4, -0.2) is 18.1 Å². The Balaban J connectivity index is 1.81. The third-order valence-corrected chi connectivity index (χ3v) is 5.58. The first-order chi connectivity index (χ1) is 12.2. The highest BCUT2D eigenvalue weighted by atomic mass is 32.1. The van der Waals surface area contributed by atoms with Gasteiger partial charge in [-0.15, -0.1) is 11.3 Å². The van der Waals surface area contributed by atoms with Gasteiger partial charge in [0.25, 0.3) is 0 Å². The smallest absolute Gasteiger partial charge is 0.225 e. The number of hydrogen-bond acceptors (Lipinski definition) is 4. The van der Waals surface area contributed by atoms with Crippen molar-refractivity contribution in [3.63, 3.8) is 0 Å². The predicted molar refractivity (Wildman–Crippen MR) is 99.5 cm³/mol. The molecule has 0 saturated carbocycles. The monoisotopic (exact) mass is 351 g/mol. The molecule has 0 aliphatic carbocycles. The van der Waals surface area contributed by atoms with E-state index in [-0.39, 0.29) is 17.6 Å². The number of benzene rings is 2. The maximum Gasteiger partial charge on any atom is 0.225 e. The summed E-state index contributed by atoms with van der Waals surface area (Å²) in [6.45, 7) is 0. The first-order valence-electron chi connectivity index (χ1n) is 8.01. The van der Waals surface area contributed by atoms with E-state index >= 15 is 0 Å². The number of rotatable bonds is 3. The van der Waals surface area contributed by atoms with Crippen LogP contribution in [0.5, 0.6) is 11.5 Å². The van der Waals surface area contributed by atoms with Crippen molar-refractivity contribution in [1.82, 2.24) is 0 Å². The van der Waals surface area contributed by atoms with Gasteiger partial charge < -0.3 is 15.2 Å². The van der Waals surface area contributed by atoms with E-state index in [0.29, 0.717) is 12.2 Å². The third-order valence-electron chi connectivity index (χ3n) is 4.48. The zero-order chi connectivity index (χ0) is 17.4. The van der Waals surface area contributed by atoms with E-state index in [1.807, 2.05) is 42.5 Å². The van der Waals surface area contributed by atoms with Crippen LogP contribution in [0.2, 0.25) is 0 Å². The molecule has 126 valence electrons. The summed E-state index contributed by atoms with van der Waals surface area (Å²) < 4.78 is 5.22. The number of methoxy groups -OCH3 is 1. The molecule has 0 bridgehead atoms. The average molecular weight is 351 g/mol. The van der Waals surface area contributed by atoms with Gasteiger partial charge in [-0.2, -0.15) is 0 Å². The molecular formula is C20H17NO3S. The van der Waals surface area contributed by atoms with Crippen LogP contribution in [0.15, 0.2) is 53.9 Å². The maximum atomic E-state index is 12.3. The minimum Gasteiger partial charge on any atom is -0.504 e. The number of carbonyl (C=O) groups excluding carboxylic acids is 1. The molecule has 1 aliphatic heterocycles. The minimum atomic E-state index is -0.0410. The van der Waals surface area contributed by atoms with Gasteiger partial charge in [0, 0.05) is 28.2 Å². The molecule has 1 amide bonds. The highest BCUT2D eigenvalue weighted by Crippen LogP contribution is 2.47. The first-order valence-corrected chi connectivity index (χ1v) is 8.89. The average Bonchev–Trinajstić information content (AvgIpc) is 3.06. The number of amides is 1. The molecule has 1 aromatic heterocycles. The Hall–Kier alpha value is -2.79. The van der Waals surface area contributed by atoms with E-state index in [1.54, 1.807) is 17.4 Å². The van der Waals surface area contributed by atoms with Crippen LogP contribution < -0.4 is 10.1 Å². The van der Waals surface area contributed by atoms with Gasteiger partial charge in [0.2, 0.25) is 5.91 Å². The van der Waals surface area contributed by atoms with Crippen molar-refractivity contribution in [2.45, 2.75) is 12.3 Å². The molecule has 0 unspecified atom stereocenters. The summed E-state index contributed by atoms with van der Waals surface area (Å²) >= 11 is 1.65. The Morgan fingerprint density at radius 3 is 2.76 bits per heavy atom. The summed E-state index contributed by atoms with van der Waals surface area (Å²) in [5.41, 5.74) is 3.99. The molecule has 2 aromatic carbocycles. The normalized spacial score (nSPS) is 16.2. The topological polar surface area (TPSA) is 58.6 Å². The Labute approximate surface area is 149 Å². The van der Waals surface area contributed by atoms with Gasteiger partial charge in [-0.1, -0.05) is 36.4 Å². The number of carbonyl (C=O) groups is 1. The fourth-order valence-electron chi connectivity index (χ4n) is 3.24. The van der Waals surface area contributed by atoms with E-state index < -0.39 is 0 Å². The molecule has 4 rings (SSSR count). The number of aromatic hydroxyl groups is 1. The van der Waals surface area contributed by atoms with E-state index in [0.717, 1.165) is 27.3 Å². The Bertz CT molecular complexity index is 933. The lowest BCUT2D eigenvalue weighted by atomic mass is 9.89. The second-order valence-electron chi connectivity index (χ2n) is 5.99. The van der Waals surface area contributed by atoms with Gasteiger partial charge >= 0.3 is 0 Å². The fraction of sp³-hybridized carbons (Fsp3) is 0.150. The number of hydrogen-bond donors (Lipinski definition) is 2. The van der Waals surface area contributed by atoms with Gasteiger partial charge in [0.15, 0.2) is 11.5 Å². The number of thiophene rings is 1. The number of fused-ring (bicyclic) bond motifs is 1. The number of phenols is 1. The largest absolute Gasteiger partial charge is 0.504 e. The summed E-state index contributed by atoms with van der Waals surface area (Å²) in [4.78, 5) is 13.5. The number of ether oxygens (including phenoxy) is 1. The van der Waals surface area contributed by atoms with Crippen molar-refractivity contribution in [3.05, 3.63) is 64.4 Å². The van der Waals surface area contributed by atoms with Crippen molar-refractivity contribution in [2.24, 2.45) is 0 Å². The molecule has 5 heteroatoms. The van der Waals surface area contributed by atoms with E-state index in [1.165, 1.54) is 7.11 Å².